The number of rotatable bonds is 2. The monoisotopic (exact) mass is 415 g/mol. The zero-order valence-electron chi connectivity index (χ0n) is 17.1. The first-order valence-corrected chi connectivity index (χ1v) is 10.6. The molecule has 1 fully saturated rings. The molecule has 2 aliphatic heterocycles. The minimum absolute atomic E-state index is 0. The van der Waals surface area contributed by atoms with E-state index in [-0.39, 0.29) is 17.8 Å². The van der Waals surface area contributed by atoms with Crippen LogP contribution in [-0.2, 0) is 30.7 Å². The second kappa shape index (κ2) is 8.07. The molecule has 1 aromatic carbocycles. The van der Waals surface area contributed by atoms with Crippen molar-refractivity contribution >= 4 is 18.3 Å². The summed E-state index contributed by atoms with van der Waals surface area (Å²) in [5, 5.41) is 12.2. The summed E-state index contributed by atoms with van der Waals surface area (Å²) in [5.41, 5.74) is 2.50. The Kier molecular flexibility index (Phi) is 5.67. The number of hydrogen-bond acceptors (Lipinski definition) is 4. The lowest BCUT2D eigenvalue weighted by Gasteiger charge is -2.40. The summed E-state index contributed by atoms with van der Waals surface area (Å²) < 4.78 is 2.29. The van der Waals surface area contributed by atoms with Crippen molar-refractivity contribution < 1.29 is 4.79 Å². The summed E-state index contributed by atoms with van der Waals surface area (Å²) in [6.45, 7) is 6.58. The van der Waals surface area contributed by atoms with Gasteiger partial charge in [0, 0.05) is 32.1 Å². The summed E-state index contributed by atoms with van der Waals surface area (Å²) in [5.74, 6) is 2.94. The van der Waals surface area contributed by atoms with Crippen molar-refractivity contribution in [3.05, 3.63) is 47.0 Å². The molecular weight excluding hydrogens is 386 g/mol. The molecule has 0 radical (unpaired) electrons. The maximum Gasteiger partial charge on any atom is 0.228 e. The first kappa shape index (κ1) is 20.4. The largest absolute Gasteiger partial charge is 0.342 e. The maximum atomic E-state index is 13.4. The highest BCUT2D eigenvalue weighted by atomic mass is 35.5. The fourth-order valence-electron chi connectivity index (χ4n) is 5.21. The Morgan fingerprint density at radius 1 is 1.14 bits per heavy atom. The molecule has 1 atom stereocenters. The molecule has 1 aromatic heterocycles. The van der Waals surface area contributed by atoms with Gasteiger partial charge in [-0.3, -0.25) is 4.79 Å². The molecule has 3 heterocycles. The SMILES string of the molecule is CC1(C(=O)N2CCC(c3nnc4n3CCNC4)CC2)CCc2ccccc2C1.Cl. The molecule has 1 saturated heterocycles. The van der Waals surface area contributed by atoms with Crippen LogP contribution in [-0.4, -0.2) is 45.2 Å². The standard InChI is InChI=1S/C22H29N5O.ClH/c1-22(9-6-16-4-2-3-5-18(16)14-22)21(28)26-11-7-17(8-12-26)20-25-24-19-15-23-10-13-27(19)20;/h2-5,17,23H,6-15H2,1H3;1H. The zero-order valence-corrected chi connectivity index (χ0v) is 17.9. The number of nitrogens with one attached hydrogen (secondary N) is 1. The van der Waals surface area contributed by atoms with Crippen LogP contribution in [0, 0.1) is 5.41 Å². The van der Waals surface area contributed by atoms with Gasteiger partial charge in [0.25, 0.3) is 0 Å². The number of likely N-dealkylation sites (tertiary alicyclic amines) is 1. The molecule has 1 N–H and O–H groups in total. The second-order valence-corrected chi connectivity index (χ2v) is 8.88. The van der Waals surface area contributed by atoms with E-state index in [1.807, 2.05) is 0 Å². The van der Waals surface area contributed by atoms with Crippen molar-refractivity contribution in [2.45, 2.75) is 58.0 Å². The number of fused-ring (bicyclic) bond motifs is 2. The fourth-order valence-corrected chi connectivity index (χ4v) is 5.21. The summed E-state index contributed by atoms with van der Waals surface area (Å²) in [7, 11) is 0. The smallest absolute Gasteiger partial charge is 0.228 e. The van der Waals surface area contributed by atoms with Crippen LogP contribution in [0.1, 0.15) is 54.9 Å². The lowest BCUT2D eigenvalue weighted by Crippen LogP contribution is -2.48. The summed E-state index contributed by atoms with van der Waals surface area (Å²) in [6.07, 6.45) is 4.81. The molecule has 1 aliphatic carbocycles. The van der Waals surface area contributed by atoms with Crippen molar-refractivity contribution in [2.75, 3.05) is 19.6 Å². The van der Waals surface area contributed by atoms with Crippen LogP contribution in [0.4, 0.5) is 0 Å². The molecule has 0 spiro atoms. The van der Waals surface area contributed by atoms with Gasteiger partial charge in [0.1, 0.15) is 11.6 Å². The van der Waals surface area contributed by atoms with Gasteiger partial charge in [0.15, 0.2) is 0 Å². The number of piperidine rings is 1. The van der Waals surface area contributed by atoms with E-state index in [1.54, 1.807) is 0 Å². The van der Waals surface area contributed by atoms with Crippen molar-refractivity contribution in [1.29, 1.82) is 0 Å². The zero-order chi connectivity index (χ0) is 19.1. The molecule has 0 bridgehead atoms. The first-order valence-electron chi connectivity index (χ1n) is 10.6. The summed E-state index contributed by atoms with van der Waals surface area (Å²) in [4.78, 5) is 15.5. The van der Waals surface area contributed by atoms with E-state index in [9.17, 15) is 4.79 Å². The summed E-state index contributed by atoms with van der Waals surface area (Å²) >= 11 is 0. The quantitative estimate of drug-likeness (QED) is 0.819. The number of carbonyl (C=O) groups is 1. The minimum atomic E-state index is -0.263. The molecule has 6 nitrogen and oxygen atoms in total. The van der Waals surface area contributed by atoms with Crippen molar-refractivity contribution in [3.8, 4) is 0 Å². The van der Waals surface area contributed by atoms with Gasteiger partial charge in [-0.05, 0) is 43.2 Å². The van der Waals surface area contributed by atoms with Crippen molar-refractivity contribution in [1.82, 2.24) is 25.0 Å². The molecule has 1 amide bonds. The van der Waals surface area contributed by atoms with Gasteiger partial charge in [-0.25, -0.2) is 0 Å². The van der Waals surface area contributed by atoms with E-state index in [4.69, 9.17) is 0 Å². The van der Waals surface area contributed by atoms with Crippen LogP contribution >= 0.6 is 12.4 Å². The van der Waals surface area contributed by atoms with Crippen LogP contribution in [0.2, 0.25) is 0 Å². The number of halogens is 1. The van der Waals surface area contributed by atoms with Crippen molar-refractivity contribution in [3.63, 3.8) is 0 Å². The molecule has 5 rings (SSSR count). The molecule has 0 saturated carbocycles. The average Bonchev–Trinajstić information content (AvgIpc) is 3.17. The van der Waals surface area contributed by atoms with Gasteiger partial charge in [-0.2, -0.15) is 0 Å². The minimum Gasteiger partial charge on any atom is -0.342 e. The van der Waals surface area contributed by atoms with E-state index in [1.165, 1.54) is 11.1 Å². The Bertz CT molecular complexity index is 889. The number of carbonyl (C=O) groups excluding carboxylic acids is 1. The van der Waals surface area contributed by atoms with Crippen LogP contribution in [0.3, 0.4) is 0 Å². The number of nitrogens with zero attached hydrogens (tertiary/aromatic N) is 4. The van der Waals surface area contributed by atoms with E-state index < -0.39 is 0 Å². The third kappa shape index (κ3) is 3.68. The molecule has 2 aromatic rings. The lowest BCUT2D eigenvalue weighted by atomic mass is 9.71. The van der Waals surface area contributed by atoms with Crippen LogP contribution in [0.25, 0.3) is 0 Å². The van der Waals surface area contributed by atoms with Gasteiger partial charge < -0.3 is 14.8 Å². The average molecular weight is 416 g/mol. The highest BCUT2D eigenvalue weighted by Crippen LogP contribution is 2.38. The van der Waals surface area contributed by atoms with E-state index in [0.29, 0.717) is 11.8 Å². The topological polar surface area (TPSA) is 63.1 Å². The van der Waals surface area contributed by atoms with E-state index in [0.717, 1.165) is 76.5 Å². The Balaban J connectivity index is 0.00000205. The third-order valence-corrected chi connectivity index (χ3v) is 6.96. The van der Waals surface area contributed by atoms with Gasteiger partial charge in [-0.1, -0.05) is 31.2 Å². The highest BCUT2D eigenvalue weighted by Gasteiger charge is 2.40. The molecule has 3 aliphatic rings. The van der Waals surface area contributed by atoms with Gasteiger partial charge >= 0.3 is 0 Å². The summed E-state index contributed by atoms with van der Waals surface area (Å²) in [6, 6.07) is 8.60. The number of benzene rings is 1. The Morgan fingerprint density at radius 3 is 2.69 bits per heavy atom. The number of aromatic nitrogens is 3. The van der Waals surface area contributed by atoms with Gasteiger partial charge in [-0.15, -0.1) is 22.6 Å². The van der Waals surface area contributed by atoms with Gasteiger partial charge in [0.2, 0.25) is 5.91 Å². The maximum absolute atomic E-state index is 13.4. The number of hydrogen-bond donors (Lipinski definition) is 1. The Morgan fingerprint density at radius 2 is 1.90 bits per heavy atom. The molecule has 1 unspecified atom stereocenters. The fraction of sp³-hybridized carbons (Fsp3) is 0.591. The molecule has 7 heteroatoms. The predicted octanol–water partition coefficient (Wildman–Crippen LogP) is 2.70. The number of aryl methyl sites for hydroxylation is 1. The van der Waals surface area contributed by atoms with Gasteiger partial charge in [0.05, 0.1) is 12.0 Å². The highest BCUT2D eigenvalue weighted by molar-refractivity contribution is 5.85. The lowest BCUT2D eigenvalue weighted by molar-refractivity contribution is -0.143. The predicted molar refractivity (Wildman–Crippen MR) is 114 cm³/mol. The second-order valence-electron chi connectivity index (χ2n) is 8.88. The third-order valence-electron chi connectivity index (χ3n) is 6.96. The first-order chi connectivity index (χ1) is 13.6. The molecular formula is C22H30ClN5O. The van der Waals surface area contributed by atoms with E-state index >= 15 is 0 Å². The Labute approximate surface area is 178 Å². The Hall–Kier alpha value is -1.92. The molecule has 156 valence electrons. The van der Waals surface area contributed by atoms with E-state index in [2.05, 4.69) is 56.2 Å². The normalized spacial score (nSPS) is 24.4. The van der Waals surface area contributed by atoms with Crippen molar-refractivity contribution in [2.24, 2.45) is 5.41 Å². The van der Waals surface area contributed by atoms with Crippen LogP contribution < -0.4 is 5.32 Å². The van der Waals surface area contributed by atoms with Crippen LogP contribution in [0.15, 0.2) is 24.3 Å². The van der Waals surface area contributed by atoms with Crippen LogP contribution in [0.5, 0.6) is 0 Å². The number of amides is 1. The molecule has 29 heavy (non-hydrogen) atoms.